The fourth-order valence-corrected chi connectivity index (χ4v) is 4.25. The van der Waals surface area contributed by atoms with Crippen LogP contribution in [0.15, 0.2) is 30.6 Å². The van der Waals surface area contributed by atoms with Crippen LogP contribution >= 0.6 is 11.3 Å². The summed E-state index contributed by atoms with van der Waals surface area (Å²) in [6.07, 6.45) is 5.86. The van der Waals surface area contributed by atoms with Crippen LogP contribution in [0.2, 0.25) is 0 Å². The van der Waals surface area contributed by atoms with Gasteiger partial charge in [-0.15, -0.1) is 0 Å². The molecule has 7 heteroatoms. The first kappa shape index (κ1) is 16.4. The molecule has 0 aliphatic carbocycles. The molecule has 0 atom stereocenters. The topological polar surface area (TPSA) is 55.8 Å². The molecule has 1 saturated heterocycles. The second kappa shape index (κ2) is 6.00. The first-order valence-corrected chi connectivity index (χ1v) is 9.13. The second-order valence-electron chi connectivity index (χ2n) is 6.85. The number of piperidine rings is 1. The molecule has 3 aromatic rings. The molecule has 0 bridgehead atoms. The first-order chi connectivity index (χ1) is 12.0. The van der Waals surface area contributed by atoms with E-state index < -0.39 is 0 Å². The smallest absolute Gasteiger partial charge is 0.196 e. The third-order valence-corrected chi connectivity index (χ3v) is 5.91. The number of rotatable bonds is 3. The summed E-state index contributed by atoms with van der Waals surface area (Å²) in [7, 11) is 1.55. The largest absolute Gasteiger partial charge is 0.496 e. The third-order valence-electron chi connectivity index (χ3n) is 4.86. The Kier molecular flexibility index (Phi) is 3.92. The van der Waals surface area contributed by atoms with Crippen LogP contribution < -0.4 is 15.4 Å². The van der Waals surface area contributed by atoms with Gasteiger partial charge in [-0.2, -0.15) is 0 Å². The number of aromatic nitrogens is 2. The molecule has 1 aliphatic heterocycles. The number of hydrogen-bond donors (Lipinski definition) is 1. The number of methoxy groups -OCH3 is 1. The highest BCUT2D eigenvalue weighted by molar-refractivity contribution is 7.20. The fraction of sp³-hybridized carbons (Fsp3) is 0.389. The maximum atomic E-state index is 13.5. The van der Waals surface area contributed by atoms with Gasteiger partial charge in [-0.1, -0.05) is 11.3 Å². The number of fused-ring (bicyclic) bond motifs is 1. The number of halogens is 1. The average molecular weight is 360 g/mol. The van der Waals surface area contributed by atoms with Crippen molar-refractivity contribution in [3.05, 3.63) is 36.4 Å². The molecule has 0 spiro atoms. The summed E-state index contributed by atoms with van der Waals surface area (Å²) in [4.78, 5) is 7.79. The van der Waals surface area contributed by atoms with Crippen molar-refractivity contribution in [2.45, 2.75) is 25.3 Å². The SMILES string of the molecule is COc1cc(F)ccc1-c1cnc2sc(N3CCC(C)(N)CC3)cn12. The molecule has 132 valence electrons. The van der Waals surface area contributed by atoms with Gasteiger partial charge < -0.3 is 15.4 Å². The Hall–Kier alpha value is -2.12. The van der Waals surface area contributed by atoms with E-state index in [1.807, 2.05) is 4.40 Å². The Bertz CT molecular complexity index is 907. The minimum Gasteiger partial charge on any atom is -0.496 e. The van der Waals surface area contributed by atoms with E-state index in [0.717, 1.165) is 42.1 Å². The van der Waals surface area contributed by atoms with Gasteiger partial charge in [0.05, 0.1) is 19.0 Å². The number of anilines is 1. The molecule has 2 aromatic heterocycles. The van der Waals surface area contributed by atoms with E-state index in [9.17, 15) is 4.39 Å². The molecule has 0 unspecified atom stereocenters. The Morgan fingerprint density at radius 3 is 2.80 bits per heavy atom. The van der Waals surface area contributed by atoms with Crippen molar-refractivity contribution in [1.82, 2.24) is 9.38 Å². The molecule has 0 amide bonds. The van der Waals surface area contributed by atoms with Crippen molar-refractivity contribution in [2.24, 2.45) is 5.73 Å². The molecule has 0 radical (unpaired) electrons. The highest BCUT2D eigenvalue weighted by atomic mass is 32.1. The number of ether oxygens (including phenoxy) is 1. The maximum Gasteiger partial charge on any atom is 0.196 e. The van der Waals surface area contributed by atoms with Crippen LogP contribution in [0.4, 0.5) is 9.39 Å². The molecule has 3 heterocycles. The number of nitrogens with zero attached hydrogens (tertiary/aromatic N) is 3. The summed E-state index contributed by atoms with van der Waals surface area (Å²) in [5.74, 6) is 0.192. The van der Waals surface area contributed by atoms with Gasteiger partial charge in [0, 0.05) is 36.5 Å². The van der Waals surface area contributed by atoms with Crippen molar-refractivity contribution < 1.29 is 9.13 Å². The van der Waals surface area contributed by atoms with Crippen molar-refractivity contribution in [3.8, 4) is 17.0 Å². The zero-order valence-electron chi connectivity index (χ0n) is 14.3. The molecule has 1 aliphatic rings. The normalized spacial score (nSPS) is 17.2. The van der Waals surface area contributed by atoms with E-state index in [1.165, 1.54) is 17.1 Å². The number of hydrogen-bond acceptors (Lipinski definition) is 5. The zero-order valence-corrected chi connectivity index (χ0v) is 15.1. The lowest BCUT2D eigenvalue weighted by atomic mass is 9.91. The summed E-state index contributed by atoms with van der Waals surface area (Å²) in [6.45, 7) is 4.02. The lowest BCUT2D eigenvalue weighted by molar-refractivity contribution is 0.365. The van der Waals surface area contributed by atoms with Crippen LogP contribution in [0, 0.1) is 5.82 Å². The fourth-order valence-electron chi connectivity index (χ4n) is 3.23. The van der Waals surface area contributed by atoms with Gasteiger partial charge in [0.15, 0.2) is 4.96 Å². The average Bonchev–Trinajstić information content (AvgIpc) is 3.15. The van der Waals surface area contributed by atoms with Crippen LogP contribution in [-0.2, 0) is 0 Å². The molecular weight excluding hydrogens is 339 g/mol. The number of thiazole rings is 1. The van der Waals surface area contributed by atoms with Crippen molar-refractivity contribution in [1.29, 1.82) is 0 Å². The highest BCUT2D eigenvalue weighted by Gasteiger charge is 2.27. The Labute approximate surface area is 149 Å². The van der Waals surface area contributed by atoms with Gasteiger partial charge >= 0.3 is 0 Å². The highest BCUT2D eigenvalue weighted by Crippen LogP contribution is 2.36. The van der Waals surface area contributed by atoms with E-state index in [1.54, 1.807) is 30.7 Å². The molecule has 1 fully saturated rings. The molecule has 25 heavy (non-hydrogen) atoms. The van der Waals surface area contributed by atoms with Gasteiger partial charge in [0.1, 0.15) is 16.6 Å². The van der Waals surface area contributed by atoms with E-state index in [2.05, 4.69) is 23.0 Å². The van der Waals surface area contributed by atoms with Crippen LogP contribution in [0.5, 0.6) is 5.75 Å². The summed E-state index contributed by atoms with van der Waals surface area (Å²) in [5.41, 5.74) is 7.89. The van der Waals surface area contributed by atoms with Crippen LogP contribution in [0.3, 0.4) is 0 Å². The maximum absolute atomic E-state index is 13.5. The third kappa shape index (κ3) is 2.98. The standard InChI is InChI=1S/C18H21FN4OS/c1-18(20)5-7-22(8-6-18)16-11-23-14(10-21-17(23)25-16)13-4-3-12(19)9-15(13)24-2/h3-4,9-11H,5-8,20H2,1-2H3. The molecular formula is C18H21FN4OS. The number of nitrogens with two attached hydrogens (primary N) is 1. The van der Waals surface area contributed by atoms with Gasteiger partial charge in [-0.3, -0.25) is 4.40 Å². The molecule has 1 aromatic carbocycles. The Balaban J connectivity index is 1.70. The zero-order chi connectivity index (χ0) is 17.6. The summed E-state index contributed by atoms with van der Waals surface area (Å²) >= 11 is 1.66. The van der Waals surface area contributed by atoms with Gasteiger partial charge in [-0.25, -0.2) is 9.37 Å². The van der Waals surface area contributed by atoms with Gasteiger partial charge in [0.25, 0.3) is 0 Å². The molecule has 0 saturated carbocycles. The first-order valence-electron chi connectivity index (χ1n) is 8.31. The molecule has 4 rings (SSSR count). The van der Waals surface area contributed by atoms with Gasteiger partial charge in [0.2, 0.25) is 0 Å². The number of benzene rings is 1. The summed E-state index contributed by atoms with van der Waals surface area (Å²) < 4.78 is 20.9. The number of imidazole rings is 1. The van der Waals surface area contributed by atoms with Crippen LogP contribution in [0.1, 0.15) is 19.8 Å². The van der Waals surface area contributed by atoms with Crippen molar-refractivity contribution in [2.75, 3.05) is 25.1 Å². The van der Waals surface area contributed by atoms with E-state index >= 15 is 0 Å². The van der Waals surface area contributed by atoms with E-state index in [4.69, 9.17) is 10.5 Å². The van der Waals surface area contributed by atoms with Gasteiger partial charge in [-0.05, 0) is 31.9 Å². The van der Waals surface area contributed by atoms with Crippen molar-refractivity contribution >= 4 is 21.3 Å². The van der Waals surface area contributed by atoms with Crippen molar-refractivity contribution in [3.63, 3.8) is 0 Å². The monoisotopic (exact) mass is 360 g/mol. The molecule has 5 nitrogen and oxygen atoms in total. The van der Waals surface area contributed by atoms with Crippen LogP contribution in [0.25, 0.3) is 16.2 Å². The Morgan fingerprint density at radius 1 is 1.32 bits per heavy atom. The second-order valence-corrected chi connectivity index (χ2v) is 7.84. The summed E-state index contributed by atoms with van der Waals surface area (Å²) in [5, 5.41) is 1.18. The Morgan fingerprint density at radius 2 is 2.08 bits per heavy atom. The van der Waals surface area contributed by atoms with Crippen LogP contribution in [-0.4, -0.2) is 35.1 Å². The lowest BCUT2D eigenvalue weighted by Gasteiger charge is -2.37. The minimum atomic E-state index is -0.314. The predicted octanol–water partition coefficient (Wildman–Crippen LogP) is 3.53. The van der Waals surface area contributed by atoms with E-state index in [-0.39, 0.29) is 11.4 Å². The lowest BCUT2D eigenvalue weighted by Crippen LogP contribution is -2.48. The minimum absolute atomic E-state index is 0.0689. The van der Waals surface area contributed by atoms with E-state index in [0.29, 0.717) is 5.75 Å². The quantitative estimate of drug-likeness (QED) is 0.776. The predicted molar refractivity (Wildman–Crippen MR) is 99.1 cm³/mol. The molecule has 2 N–H and O–H groups in total. The summed E-state index contributed by atoms with van der Waals surface area (Å²) in [6, 6.07) is 4.57.